The van der Waals surface area contributed by atoms with Crippen LogP contribution in [-0.4, -0.2) is 21.5 Å². The zero-order chi connectivity index (χ0) is 19.8. The number of carbonyl (C=O) groups is 1. The van der Waals surface area contributed by atoms with E-state index in [-0.39, 0.29) is 5.56 Å². The van der Waals surface area contributed by atoms with Crippen LogP contribution in [0.5, 0.6) is 0 Å². The molecular weight excluding hydrogens is 369 g/mol. The van der Waals surface area contributed by atoms with Gasteiger partial charge in [0.05, 0.1) is 11.5 Å². The first-order valence-corrected chi connectivity index (χ1v) is 7.85. The van der Waals surface area contributed by atoms with Crippen LogP contribution < -0.4 is 5.32 Å². The molecule has 0 aliphatic heterocycles. The highest BCUT2D eigenvalue weighted by Gasteiger charge is 2.40. The Bertz CT molecular complexity index is 937. The fraction of sp³-hybridized carbons (Fsp3) is 0.222. The number of amides is 1. The van der Waals surface area contributed by atoms with Crippen LogP contribution in [0.15, 0.2) is 48.7 Å². The average molecular weight is 383 g/mol. The Kier molecular flexibility index (Phi) is 4.86. The number of allylic oxidation sites excluding steroid dienone is 2. The second kappa shape index (κ2) is 6.98. The van der Waals surface area contributed by atoms with E-state index < -0.39 is 46.9 Å². The summed E-state index contributed by atoms with van der Waals surface area (Å²) in [5.41, 5.74) is -1.19. The molecule has 0 saturated carbocycles. The number of nitrogens with zero attached hydrogens (tertiary/aromatic N) is 2. The maximum absolute atomic E-state index is 15.5. The number of hydrogen-bond donors (Lipinski definition) is 1. The monoisotopic (exact) mass is 383 g/mol. The highest BCUT2D eigenvalue weighted by Crippen LogP contribution is 2.36. The summed E-state index contributed by atoms with van der Waals surface area (Å²) in [6.07, 6.45) is 3.18. The van der Waals surface area contributed by atoms with Gasteiger partial charge < -0.3 is 5.32 Å². The topological polar surface area (TPSA) is 46.9 Å². The van der Waals surface area contributed by atoms with E-state index in [0.29, 0.717) is 0 Å². The van der Waals surface area contributed by atoms with Crippen molar-refractivity contribution in [3.05, 3.63) is 77.2 Å². The molecule has 0 saturated heterocycles. The molecular formula is C18H14F5N3O. The van der Waals surface area contributed by atoms with Crippen LogP contribution in [-0.2, 0) is 7.05 Å². The lowest BCUT2D eigenvalue weighted by atomic mass is 9.85. The van der Waals surface area contributed by atoms with Gasteiger partial charge in [0.2, 0.25) is 5.79 Å². The lowest BCUT2D eigenvalue weighted by Gasteiger charge is -2.32. The smallest absolute Gasteiger partial charge is 0.282 e. The van der Waals surface area contributed by atoms with Crippen LogP contribution in [0.25, 0.3) is 0 Å². The second-order valence-electron chi connectivity index (χ2n) is 6.02. The number of aromatic nitrogens is 2. The Morgan fingerprint density at radius 1 is 1.26 bits per heavy atom. The maximum Gasteiger partial charge on any atom is 0.282 e. The van der Waals surface area contributed by atoms with Crippen LogP contribution in [0.4, 0.5) is 22.0 Å². The van der Waals surface area contributed by atoms with Crippen LogP contribution in [0.1, 0.15) is 34.0 Å². The first kappa shape index (κ1) is 18.8. The number of benzene rings is 1. The third kappa shape index (κ3) is 3.62. The minimum atomic E-state index is -3.02. The Balaban J connectivity index is 1.93. The number of halogens is 5. The molecule has 2 unspecified atom stereocenters. The normalized spacial score (nSPS) is 21.7. The molecule has 0 radical (unpaired) electrons. The van der Waals surface area contributed by atoms with E-state index in [9.17, 15) is 22.4 Å². The predicted octanol–water partition coefficient (Wildman–Crippen LogP) is 3.94. The lowest BCUT2D eigenvalue weighted by molar-refractivity contribution is 0.0776. The summed E-state index contributed by atoms with van der Waals surface area (Å²) in [4.78, 5) is 12.4. The molecule has 1 heterocycles. The van der Waals surface area contributed by atoms with E-state index in [0.717, 1.165) is 29.1 Å². The summed E-state index contributed by atoms with van der Waals surface area (Å²) in [5.74, 6) is -7.09. The van der Waals surface area contributed by atoms with Crippen LogP contribution in [0, 0.1) is 11.6 Å². The molecule has 0 bridgehead atoms. The minimum Gasteiger partial charge on any atom is -0.316 e. The molecule has 0 fully saturated rings. The first-order chi connectivity index (χ1) is 12.7. The minimum absolute atomic E-state index is 0.0672. The van der Waals surface area contributed by atoms with E-state index in [2.05, 4.69) is 10.4 Å². The Hall–Kier alpha value is -2.97. The summed E-state index contributed by atoms with van der Waals surface area (Å²) in [6.45, 7) is 0. The van der Waals surface area contributed by atoms with Gasteiger partial charge >= 0.3 is 0 Å². The van der Waals surface area contributed by atoms with Gasteiger partial charge in [-0.1, -0.05) is 24.3 Å². The molecule has 27 heavy (non-hydrogen) atoms. The summed E-state index contributed by atoms with van der Waals surface area (Å²) in [7, 11) is 1.35. The van der Waals surface area contributed by atoms with Crippen molar-refractivity contribution in [3.8, 4) is 0 Å². The standard InChI is InChI=1S/C18H14F5N3O/c1-26-9-11(15(25-26)16(21)22)17(27)24-18(23)7-3-2-4-12(18)10-5-6-13(19)14(20)8-10/h2-9,12,16H,1H3,(H,24,27). The molecule has 1 aliphatic carbocycles. The SMILES string of the molecule is Cn1cc(C(=O)NC2(F)C=CC=CC2c2ccc(F)c(F)c2)c(C(F)F)n1. The van der Waals surface area contributed by atoms with Crippen molar-refractivity contribution < 1.29 is 26.7 Å². The van der Waals surface area contributed by atoms with Gasteiger partial charge in [-0.2, -0.15) is 5.10 Å². The van der Waals surface area contributed by atoms with E-state index in [1.165, 1.54) is 31.3 Å². The lowest BCUT2D eigenvalue weighted by Crippen LogP contribution is -2.48. The van der Waals surface area contributed by atoms with E-state index in [1.54, 1.807) is 0 Å². The van der Waals surface area contributed by atoms with Crippen LogP contribution in [0.3, 0.4) is 0 Å². The highest BCUT2D eigenvalue weighted by atomic mass is 19.3. The molecule has 1 aromatic heterocycles. The van der Waals surface area contributed by atoms with Gasteiger partial charge in [-0.3, -0.25) is 9.48 Å². The zero-order valence-electron chi connectivity index (χ0n) is 14.0. The quantitative estimate of drug-likeness (QED) is 0.642. The second-order valence-corrected chi connectivity index (χ2v) is 6.02. The number of hydrogen-bond acceptors (Lipinski definition) is 2. The summed E-state index contributed by atoms with van der Waals surface area (Å²) in [6, 6.07) is 2.84. The van der Waals surface area contributed by atoms with Crippen LogP contribution >= 0.6 is 0 Å². The molecule has 3 rings (SSSR count). The average Bonchev–Trinajstić information content (AvgIpc) is 3.00. The van der Waals surface area contributed by atoms with Crippen LogP contribution in [0.2, 0.25) is 0 Å². The van der Waals surface area contributed by atoms with Gasteiger partial charge in [0.25, 0.3) is 12.3 Å². The van der Waals surface area contributed by atoms with E-state index >= 15 is 4.39 Å². The van der Waals surface area contributed by atoms with Crippen molar-refractivity contribution in [3.63, 3.8) is 0 Å². The van der Waals surface area contributed by atoms with Crippen molar-refractivity contribution in [1.29, 1.82) is 0 Å². The maximum atomic E-state index is 15.5. The Labute approximate surface area is 151 Å². The van der Waals surface area contributed by atoms with Crippen molar-refractivity contribution in [2.24, 2.45) is 7.05 Å². The van der Waals surface area contributed by atoms with Crippen molar-refractivity contribution in [2.45, 2.75) is 18.1 Å². The third-order valence-electron chi connectivity index (χ3n) is 4.12. The van der Waals surface area contributed by atoms with Crippen molar-refractivity contribution >= 4 is 5.91 Å². The van der Waals surface area contributed by atoms with Crippen molar-refractivity contribution in [1.82, 2.24) is 15.1 Å². The van der Waals surface area contributed by atoms with E-state index in [4.69, 9.17) is 0 Å². The molecule has 1 aliphatic rings. The highest BCUT2D eigenvalue weighted by molar-refractivity contribution is 5.95. The van der Waals surface area contributed by atoms with Crippen molar-refractivity contribution in [2.75, 3.05) is 0 Å². The van der Waals surface area contributed by atoms with Gasteiger partial charge in [-0.25, -0.2) is 22.0 Å². The number of nitrogens with one attached hydrogen (secondary N) is 1. The van der Waals surface area contributed by atoms with Gasteiger partial charge in [-0.15, -0.1) is 0 Å². The fourth-order valence-electron chi connectivity index (χ4n) is 2.88. The molecule has 1 aromatic carbocycles. The van der Waals surface area contributed by atoms with Gasteiger partial charge in [0, 0.05) is 13.2 Å². The van der Waals surface area contributed by atoms with Gasteiger partial charge in [0.1, 0.15) is 5.69 Å². The Morgan fingerprint density at radius 3 is 2.67 bits per heavy atom. The predicted molar refractivity (Wildman–Crippen MR) is 86.8 cm³/mol. The molecule has 9 heteroatoms. The first-order valence-electron chi connectivity index (χ1n) is 7.85. The molecule has 2 aromatic rings. The molecule has 0 spiro atoms. The van der Waals surface area contributed by atoms with Gasteiger partial charge in [-0.05, 0) is 23.8 Å². The summed E-state index contributed by atoms with van der Waals surface area (Å²) < 4.78 is 69.3. The molecule has 1 N–H and O–H groups in total. The van der Waals surface area contributed by atoms with E-state index in [1.807, 2.05) is 0 Å². The molecule has 1 amide bonds. The fourth-order valence-corrected chi connectivity index (χ4v) is 2.88. The largest absolute Gasteiger partial charge is 0.316 e. The Morgan fingerprint density at radius 2 is 2.00 bits per heavy atom. The summed E-state index contributed by atoms with van der Waals surface area (Å²) in [5, 5.41) is 5.56. The number of rotatable bonds is 4. The number of alkyl halides is 3. The third-order valence-corrected chi connectivity index (χ3v) is 4.12. The molecule has 4 nitrogen and oxygen atoms in total. The zero-order valence-corrected chi connectivity index (χ0v) is 14.0. The molecule has 142 valence electrons. The summed E-state index contributed by atoms with van der Waals surface area (Å²) >= 11 is 0. The number of carbonyl (C=O) groups excluding carboxylic acids is 1. The number of aryl methyl sites for hydroxylation is 1. The van der Waals surface area contributed by atoms with Gasteiger partial charge in [0.15, 0.2) is 11.6 Å². The molecule has 2 atom stereocenters.